The zero-order valence-corrected chi connectivity index (χ0v) is 21.3. The Balaban J connectivity index is 1.52. The number of nitrogens with zero attached hydrogens (tertiary/aromatic N) is 6. The van der Waals surface area contributed by atoms with Crippen LogP contribution in [0.1, 0.15) is 11.1 Å². The fourth-order valence-electron chi connectivity index (χ4n) is 5.07. The van der Waals surface area contributed by atoms with Crippen molar-refractivity contribution in [3.63, 3.8) is 0 Å². The monoisotopic (exact) mass is 536 g/mol. The van der Waals surface area contributed by atoms with E-state index in [1.165, 1.54) is 45.4 Å². The number of nitrogens with one attached hydrogen (secondary N) is 1. The Morgan fingerprint density at radius 1 is 1.29 bits per heavy atom. The van der Waals surface area contributed by atoms with Gasteiger partial charge in [0.2, 0.25) is 11.8 Å². The quantitative estimate of drug-likeness (QED) is 0.456. The minimum atomic E-state index is -0.884. The topological polar surface area (TPSA) is 139 Å². The Hall–Kier alpha value is -4.28. The van der Waals surface area contributed by atoms with Crippen LogP contribution < -0.4 is 11.1 Å². The minimum Gasteiger partial charge on any atom is -0.375 e. The number of hydrogen-bond donors (Lipinski definition) is 2. The maximum absolute atomic E-state index is 13.9. The Kier molecular flexibility index (Phi) is 6.83. The molecule has 2 aromatic carbocycles. The number of urea groups is 1. The van der Waals surface area contributed by atoms with E-state index in [1.807, 2.05) is 24.3 Å². The zero-order valence-electron chi connectivity index (χ0n) is 20.5. The molecule has 0 radical (unpaired) electrons. The van der Waals surface area contributed by atoms with E-state index in [1.54, 1.807) is 17.0 Å². The van der Waals surface area contributed by atoms with E-state index in [2.05, 4.69) is 10.3 Å². The summed E-state index contributed by atoms with van der Waals surface area (Å²) in [4.78, 5) is 47.3. The molecule has 3 aromatic rings. The van der Waals surface area contributed by atoms with Crippen LogP contribution in [0.4, 0.5) is 14.3 Å². The summed E-state index contributed by atoms with van der Waals surface area (Å²) in [5.41, 5.74) is 8.12. The average Bonchev–Trinajstić information content (AvgIpc) is 3.45. The van der Waals surface area contributed by atoms with Gasteiger partial charge in [0.1, 0.15) is 24.6 Å². The maximum atomic E-state index is 13.9. The van der Waals surface area contributed by atoms with Gasteiger partial charge < -0.3 is 20.9 Å². The normalized spacial score (nSPS) is 19.5. The van der Waals surface area contributed by atoms with E-state index in [-0.39, 0.29) is 44.4 Å². The molecule has 13 heteroatoms. The Bertz CT molecular complexity index is 1440. The molecule has 4 amide bonds. The van der Waals surface area contributed by atoms with Crippen LogP contribution in [0.25, 0.3) is 10.2 Å². The number of halogens is 1. The zero-order chi connectivity index (χ0) is 27.0. The summed E-state index contributed by atoms with van der Waals surface area (Å²) in [7, 11) is 1.44. The van der Waals surface area contributed by atoms with Crippen LogP contribution in [0.5, 0.6) is 0 Å². The fourth-order valence-corrected chi connectivity index (χ4v) is 5.85. The van der Waals surface area contributed by atoms with Crippen LogP contribution >= 0.6 is 11.3 Å². The predicted octanol–water partition coefficient (Wildman–Crippen LogP) is 1.52. The van der Waals surface area contributed by atoms with Crippen molar-refractivity contribution in [3.05, 3.63) is 59.4 Å². The molecule has 0 unspecified atom stereocenters. The number of piperazine rings is 1. The van der Waals surface area contributed by atoms with E-state index in [0.29, 0.717) is 16.2 Å². The molecule has 2 atom stereocenters. The second kappa shape index (κ2) is 10.2. The number of para-hydroxylation sites is 1. The number of hydrogen-bond acceptors (Lipinski definition) is 8. The van der Waals surface area contributed by atoms with Crippen LogP contribution in [0, 0.1) is 17.1 Å². The van der Waals surface area contributed by atoms with Crippen LogP contribution in [-0.2, 0) is 22.6 Å². The number of anilines is 1. The first kappa shape index (κ1) is 25.4. The molecule has 0 bridgehead atoms. The van der Waals surface area contributed by atoms with Crippen molar-refractivity contribution in [2.24, 2.45) is 0 Å². The van der Waals surface area contributed by atoms with Gasteiger partial charge in [0, 0.05) is 20.0 Å². The molecule has 3 heterocycles. The van der Waals surface area contributed by atoms with E-state index in [4.69, 9.17) is 5.73 Å². The number of aromatic nitrogens is 1. The van der Waals surface area contributed by atoms with E-state index in [0.717, 1.165) is 10.3 Å². The molecule has 11 nitrogen and oxygen atoms in total. The van der Waals surface area contributed by atoms with Crippen molar-refractivity contribution >= 4 is 44.5 Å². The largest absolute Gasteiger partial charge is 0.375 e. The number of amides is 4. The van der Waals surface area contributed by atoms with Gasteiger partial charge in [0.15, 0.2) is 5.13 Å². The van der Waals surface area contributed by atoms with Crippen molar-refractivity contribution in [2.75, 3.05) is 32.4 Å². The summed E-state index contributed by atoms with van der Waals surface area (Å²) in [6, 6.07) is 12.0. The Morgan fingerprint density at radius 3 is 2.76 bits per heavy atom. The van der Waals surface area contributed by atoms with E-state index >= 15 is 0 Å². The summed E-state index contributed by atoms with van der Waals surface area (Å²) in [5.74, 6) is -1.01. The van der Waals surface area contributed by atoms with Crippen molar-refractivity contribution in [2.45, 2.75) is 25.2 Å². The maximum Gasteiger partial charge on any atom is 0.332 e. The van der Waals surface area contributed by atoms with Crippen LogP contribution in [0.15, 0.2) is 42.5 Å². The number of rotatable bonds is 6. The number of nitriles is 1. The first-order valence-electron chi connectivity index (χ1n) is 11.9. The molecular weight excluding hydrogens is 511 g/mol. The van der Waals surface area contributed by atoms with Gasteiger partial charge in [-0.1, -0.05) is 35.6 Å². The highest BCUT2D eigenvalue weighted by atomic mass is 32.1. The van der Waals surface area contributed by atoms with Gasteiger partial charge in [-0.05, 0) is 29.3 Å². The number of thiazole rings is 1. The molecule has 3 N–H and O–H groups in total. The van der Waals surface area contributed by atoms with Crippen molar-refractivity contribution in [3.8, 4) is 6.07 Å². The fraction of sp³-hybridized carbons (Fsp3) is 0.320. The summed E-state index contributed by atoms with van der Waals surface area (Å²) >= 11 is 1.35. The van der Waals surface area contributed by atoms with Crippen LogP contribution in [0.2, 0.25) is 0 Å². The molecule has 2 aliphatic heterocycles. The summed E-state index contributed by atoms with van der Waals surface area (Å²) in [6.45, 7) is -0.117. The lowest BCUT2D eigenvalue weighted by molar-refractivity contribution is -0.157. The van der Waals surface area contributed by atoms with Gasteiger partial charge >= 0.3 is 6.03 Å². The molecule has 2 saturated heterocycles. The molecule has 0 aliphatic carbocycles. The van der Waals surface area contributed by atoms with Gasteiger partial charge in [0.05, 0.1) is 29.4 Å². The minimum absolute atomic E-state index is 0.111. The number of carbonyl (C=O) groups excluding carboxylic acids is 3. The van der Waals surface area contributed by atoms with E-state index < -0.39 is 24.1 Å². The van der Waals surface area contributed by atoms with Crippen molar-refractivity contribution in [1.82, 2.24) is 30.1 Å². The number of hydrazine groups is 1. The second-order valence-electron chi connectivity index (χ2n) is 9.03. The van der Waals surface area contributed by atoms with Gasteiger partial charge in [-0.2, -0.15) is 10.3 Å². The van der Waals surface area contributed by atoms with Gasteiger partial charge in [-0.25, -0.2) is 19.2 Å². The number of fused-ring (bicyclic) bond motifs is 2. The first-order chi connectivity index (χ1) is 18.3. The molecule has 0 spiro atoms. The number of nitrogen functional groups attached to an aromatic ring is 1. The number of nitrogens with two attached hydrogens (primary N) is 1. The third kappa shape index (κ3) is 4.59. The lowest BCUT2D eigenvalue weighted by atomic mass is 10.00. The SMILES string of the molecule is CNC(=O)N(CC#N)N1CC(=O)N2[C@@H](Cc3ccc(F)cc3)C(=O)N(Cc3cccc4sc(N)nc34)C[C@@H]21. The van der Waals surface area contributed by atoms with E-state index in [9.17, 15) is 24.0 Å². The molecule has 2 fully saturated rings. The Morgan fingerprint density at radius 2 is 2.05 bits per heavy atom. The summed E-state index contributed by atoms with van der Waals surface area (Å²) in [5, 5.41) is 15.0. The third-order valence-corrected chi connectivity index (χ3v) is 7.62. The molecule has 38 heavy (non-hydrogen) atoms. The molecule has 1 aromatic heterocycles. The average molecular weight is 537 g/mol. The summed E-state index contributed by atoms with van der Waals surface area (Å²) < 4.78 is 14.4. The smallest absolute Gasteiger partial charge is 0.332 e. The third-order valence-electron chi connectivity index (χ3n) is 6.77. The number of carbonyl (C=O) groups is 3. The van der Waals surface area contributed by atoms with Crippen LogP contribution in [0.3, 0.4) is 0 Å². The van der Waals surface area contributed by atoms with Crippen molar-refractivity contribution < 1.29 is 18.8 Å². The molecule has 196 valence electrons. The van der Waals surface area contributed by atoms with Gasteiger partial charge in [-0.15, -0.1) is 0 Å². The molecular formula is C25H25FN8O3S. The highest BCUT2D eigenvalue weighted by Crippen LogP contribution is 2.32. The lowest BCUT2D eigenvalue weighted by Crippen LogP contribution is -2.66. The Labute approximate surface area is 221 Å². The summed E-state index contributed by atoms with van der Waals surface area (Å²) in [6.07, 6.45) is -0.520. The highest BCUT2D eigenvalue weighted by Gasteiger charge is 2.52. The molecule has 0 saturated carbocycles. The van der Waals surface area contributed by atoms with Gasteiger partial charge in [0.25, 0.3) is 0 Å². The van der Waals surface area contributed by atoms with Crippen molar-refractivity contribution in [1.29, 1.82) is 5.26 Å². The predicted molar refractivity (Wildman–Crippen MR) is 137 cm³/mol. The number of benzene rings is 2. The molecule has 5 rings (SSSR count). The lowest BCUT2D eigenvalue weighted by Gasteiger charge is -2.46. The van der Waals surface area contributed by atoms with Crippen LogP contribution in [-0.4, -0.2) is 81.5 Å². The standard InChI is InChI=1S/C25H25FN8O3S/c1-29-25(37)32(10-9-27)33-14-21(35)34-18(11-15-5-7-17(26)8-6-15)23(36)31(13-20(33)34)12-16-3-2-4-19-22(16)30-24(28)38-19/h2-8,18,20H,10-14H2,1H3,(H2,28,30)(H,29,37)/t18-,20+/m0/s1. The highest BCUT2D eigenvalue weighted by molar-refractivity contribution is 7.22. The second-order valence-corrected chi connectivity index (χ2v) is 10.1. The molecule has 2 aliphatic rings. The first-order valence-corrected chi connectivity index (χ1v) is 12.7. The van der Waals surface area contributed by atoms with Gasteiger partial charge in [-0.3, -0.25) is 9.59 Å².